The second kappa shape index (κ2) is 11.8. The third-order valence-corrected chi connectivity index (χ3v) is 3.65. The maximum atomic E-state index is 12.3. The van der Waals surface area contributed by atoms with Gasteiger partial charge in [0.2, 0.25) is 23.6 Å². The van der Waals surface area contributed by atoms with Crippen molar-refractivity contribution >= 4 is 29.6 Å². The summed E-state index contributed by atoms with van der Waals surface area (Å²) in [7, 11) is 0. The van der Waals surface area contributed by atoms with Crippen LogP contribution < -0.4 is 27.4 Å². The number of nitrogens with two attached hydrogens (primary N) is 2. The summed E-state index contributed by atoms with van der Waals surface area (Å²) in [5.41, 5.74) is 10.5. The molecule has 0 aliphatic rings. The van der Waals surface area contributed by atoms with Gasteiger partial charge in [0.1, 0.15) is 18.1 Å². The zero-order chi connectivity index (χ0) is 22.0. The van der Waals surface area contributed by atoms with Crippen LogP contribution in [-0.2, 0) is 24.0 Å². The van der Waals surface area contributed by atoms with Gasteiger partial charge in [0.15, 0.2) is 0 Å². The minimum Gasteiger partial charge on any atom is -0.480 e. The number of primary amides is 1. The van der Waals surface area contributed by atoms with Crippen molar-refractivity contribution in [1.82, 2.24) is 16.0 Å². The minimum absolute atomic E-state index is 0.0793. The van der Waals surface area contributed by atoms with Gasteiger partial charge >= 0.3 is 5.97 Å². The maximum absolute atomic E-state index is 12.3. The molecule has 160 valence electrons. The Morgan fingerprint density at radius 2 is 1.54 bits per heavy atom. The predicted molar refractivity (Wildman–Crippen MR) is 94.3 cm³/mol. The molecule has 13 nitrogen and oxygen atoms in total. The quantitative estimate of drug-likeness (QED) is 0.156. The summed E-state index contributed by atoms with van der Waals surface area (Å²) >= 11 is 0. The number of aliphatic carboxylic acids is 1. The number of hydrogen-bond acceptors (Lipinski definition) is 8. The van der Waals surface area contributed by atoms with E-state index in [1.54, 1.807) is 0 Å². The van der Waals surface area contributed by atoms with Crippen molar-refractivity contribution in [2.45, 2.75) is 57.0 Å². The van der Waals surface area contributed by atoms with Crippen LogP contribution >= 0.6 is 0 Å². The summed E-state index contributed by atoms with van der Waals surface area (Å²) in [4.78, 5) is 57.7. The zero-order valence-corrected chi connectivity index (χ0v) is 15.5. The number of carboxylic acids is 1. The molecule has 0 saturated heterocycles. The Kier molecular flexibility index (Phi) is 10.7. The van der Waals surface area contributed by atoms with E-state index in [9.17, 15) is 34.2 Å². The normalized spacial score (nSPS) is 16.0. The van der Waals surface area contributed by atoms with Gasteiger partial charge < -0.3 is 42.7 Å². The summed E-state index contributed by atoms with van der Waals surface area (Å²) in [6, 6.07) is -5.48. The second-order valence-electron chi connectivity index (χ2n) is 6.15. The number of hydrogen-bond donors (Lipinski definition) is 8. The van der Waals surface area contributed by atoms with Gasteiger partial charge in [0.05, 0.1) is 18.8 Å². The van der Waals surface area contributed by atoms with Crippen molar-refractivity contribution in [3.63, 3.8) is 0 Å². The first kappa shape index (κ1) is 25.2. The summed E-state index contributed by atoms with van der Waals surface area (Å²) < 4.78 is 0. The lowest BCUT2D eigenvalue weighted by Crippen LogP contribution is -2.60. The molecule has 13 heteroatoms. The number of carbonyl (C=O) groups is 5. The van der Waals surface area contributed by atoms with E-state index in [0.29, 0.717) is 0 Å². The fourth-order valence-corrected chi connectivity index (χ4v) is 1.93. The van der Waals surface area contributed by atoms with Gasteiger partial charge in [0, 0.05) is 6.42 Å². The Balaban J connectivity index is 4.99. The van der Waals surface area contributed by atoms with Crippen molar-refractivity contribution in [1.29, 1.82) is 0 Å². The molecule has 5 unspecified atom stereocenters. The van der Waals surface area contributed by atoms with E-state index in [0.717, 1.165) is 0 Å². The number of aliphatic hydroxyl groups excluding tert-OH is 2. The molecule has 5 atom stereocenters. The average molecular weight is 405 g/mol. The highest BCUT2D eigenvalue weighted by molar-refractivity contribution is 5.94. The van der Waals surface area contributed by atoms with Crippen LogP contribution in [0.4, 0.5) is 0 Å². The molecule has 10 N–H and O–H groups in total. The summed E-state index contributed by atoms with van der Waals surface area (Å²) in [6.07, 6.45) is -1.63. The van der Waals surface area contributed by atoms with Gasteiger partial charge in [0.25, 0.3) is 0 Å². The van der Waals surface area contributed by atoms with E-state index in [1.165, 1.54) is 13.8 Å². The number of amides is 4. The Morgan fingerprint density at radius 1 is 0.964 bits per heavy atom. The van der Waals surface area contributed by atoms with E-state index < -0.39 is 66.5 Å². The monoisotopic (exact) mass is 405 g/mol. The van der Waals surface area contributed by atoms with Gasteiger partial charge in [-0.25, -0.2) is 0 Å². The molecule has 0 rings (SSSR count). The molecule has 0 bridgehead atoms. The highest BCUT2D eigenvalue weighted by Gasteiger charge is 2.31. The van der Waals surface area contributed by atoms with Crippen molar-refractivity contribution < 1.29 is 39.3 Å². The number of aliphatic hydroxyl groups is 2. The molecule has 0 aliphatic heterocycles. The molecule has 0 aliphatic carbocycles. The summed E-state index contributed by atoms with van der Waals surface area (Å²) in [5, 5.41) is 34.1. The molecule has 0 spiro atoms. The molecule has 28 heavy (non-hydrogen) atoms. The number of carboxylic acid groups (broad SMARTS) is 1. The van der Waals surface area contributed by atoms with Crippen LogP contribution in [0.2, 0.25) is 0 Å². The predicted octanol–water partition coefficient (Wildman–Crippen LogP) is -4.49. The lowest BCUT2D eigenvalue weighted by atomic mass is 10.1. The topological polar surface area (TPSA) is 234 Å². The standard InChI is InChI=1S/C15H27N5O8/c1-6(15(27)28)18-13(25)9(5-21)19-14(26)11(7(2)22)20-12(24)8(16)3-4-10(17)23/h6-9,11,21-22H,3-5,16H2,1-2H3,(H2,17,23)(H,18,25)(H,19,26)(H,20,24)(H,27,28). The number of carbonyl (C=O) groups excluding carboxylic acids is 4. The first-order valence-electron chi connectivity index (χ1n) is 8.37. The first-order valence-corrected chi connectivity index (χ1v) is 8.37. The SMILES string of the molecule is CC(NC(=O)C(CO)NC(=O)C(NC(=O)C(N)CCC(N)=O)C(C)O)C(=O)O. The fourth-order valence-electron chi connectivity index (χ4n) is 1.93. The highest BCUT2D eigenvalue weighted by Crippen LogP contribution is 2.00. The van der Waals surface area contributed by atoms with Crippen LogP contribution in [-0.4, -0.2) is 81.8 Å². The van der Waals surface area contributed by atoms with E-state index in [-0.39, 0.29) is 12.8 Å². The number of rotatable bonds is 12. The van der Waals surface area contributed by atoms with E-state index in [1.807, 2.05) is 0 Å². The largest absolute Gasteiger partial charge is 0.480 e. The van der Waals surface area contributed by atoms with Crippen LogP contribution in [0.3, 0.4) is 0 Å². The number of nitrogens with one attached hydrogen (secondary N) is 3. The van der Waals surface area contributed by atoms with Gasteiger partial charge in [-0.2, -0.15) is 0 Å². The Hall–Kier alpha value is -2.77. The highest BCUT2D eigenvalue weighted by atomic mass is 16.4. The summed E-state index contributed by atoms with van der Waals surface area (Å²) in [5.74, 6) is -4.81. The van der Waals surface area contributed by atoms with Crippen molar-refractivity contribution in [2.75, 3.05) is 6.61 Å². The van der Waals surface area contributed by atoms with Gasteiger partial charge in [-0.1, -0.05) is 0 Å². The Morgan fingerprint density at radius 3 is 1.96 bits per heavy atom. The fraction of sp³-hybridized carbons (Fsp3) is 0.667. The maximum Gasteiger partial charge on any atom is 0.325 e. The molecule has 0 aromatic carbocycles. The zero-order valence-electron chi connectivity index (χ0n) is 15.5. The van der Waals surface area contributed by atoms with Gasteiger partial charge in [-0.15, -0.1) is 0 Å². The van der Waals surface area contributed by atoms with Crippen molar-refractivity contribution in [2.24, 2.45) is 11.5 Å². The molecular formula is C15H27N5O8. The molecule has 0 radical (unpaired) electrons. The molecule has 4 amide bonds. The van der Waals surface area contributed by atoms with Crippen LogP contribution in [0.15, 0.2) is 0 Å². The van der Waals surface area contributed by atoms with E-state index in [4.69, 9.17) is 16.6 Å². The second-order valence-corrected chi connectivity index (χ2v) is 6.15. The summed E-state index contributed by atoms with van der Waals surface area (Å²) in [6.45, 7) is 1.52. The molecular weight excluding hydrogens is 378 g/mol. The molecule has 0 aromatic heterocycles. The first-order chi connectivity index (χ1) is 12.9. The molecule has 0 fully saturated rings. The van der Waals surface area contributed by atoms with Crippen LogP contribution in [0.5, 0.6) is 0 Å². The average Bonchev–Trinajstić information content (AvgIpc) is 2.60. The smallest absolute Gasteiger partial charge is 0.325 e. The van der Waals surface area contributed by atoms with Crippen molar-refractivity contribution in [3.8, 4) is 0 Å². The lowest BCUT2D eigenvalue weighted by molar-refractivity contribution is -0.142. The third-order valence-electron chi connectivity index (χ3n) is 3.65. The van der Waals surface area contributed by atoms with Crippen LogP contribution in [0.1, 0.15) is 26.7 Å². The molecule has 0 heterocycles. The van der Waals surface area contributed by atoms with Crippen molar-refractivity contribution in [3.05, 3.63) is 0 Å². The Bertz CT molecular complexity index is 597. The van der Waals surface area contributed by atoms with E-state index >= 15 is 0 Å². The van der Waals surface area contributed by atoms with Crippen LogP contribution in [0, 0.1) is 0 Å². The Labute approximate surface area is 160 Å². The lowest BCUT2D eigenvalue weighted by Gasteiger charge is -2.25. The molecule has 0 saturated carbocycles. The van der Waals surface area contributed by atoms with Crippen LogP contribution in [0.25, 0.3) is 0 Å². The van der Waals surface area contributed by atoms with Gasteiger partial charge in [-0.05, 0) is 20.3 Å². The molecule has 0 aromatic rings. The van der Waals surface area contributed by atoms with Gasteiger partial charge in [-0.3, -0.25) is 24.0 Å². The third kappa shape index (κ3) is 8.75. The van der Waals surface area contributed by atoms with E-state index in [2.05, 4.69) is 16.0 Å². The minimum atomic E-state index is -1.52.